The first-order valence-electron chi connectivity index (χ1n) is 5.99. The van der Waals surface area contributed by atoms with Gasteiger partial charge in [-0.1, -0.05) is 18.2 Å². The molecule has 4 heteroatoms. The number of ether oxygens (including phenoxy) is 1. The van der Waals surface area contributed by atoms with Gasteiger partial charge in [0, 0.05) is 31.2 Å². The fourth-order valence-corrected chi connectivity index (χ4v) is 2.67. The molecule has 3 nitrogen and oxygen atoms in total. The lowest BCUT2D eigenvalue weighted by Crippen LogP contribution is -2.53. The SMILES string of the molecule is NCC(N)C1(c2ccccc2F)CCOCC1. The zero-order chi connectivity index (χ0) is 12.3. The molecular formula is C13H19FN2O. The van der Waals surface area contributed by atoms with Crippen molar-refractivity contribution in [3.63, 3.8) is 0 Å². The summed E-state index contributed by atoms with van der Waals surface area (Å²) in [6.07, 6.45) is 1.46. The van der Waals surface area contributed by atoms with Gasteiger partial charge in [-0.2, -0.15) is 0 Å². The van der Waals surface area contributed by atoms with Gasteiger partial charge in [0.1, 0.15) is 5.82 Å². The minimum atomic E-state index is -0.377. The molecule has 0 amide bonds. The molecule has 0 aliphatic carbocycles. The summed E-state index contributed by atoms with van der Waals surface area (Å²) in [7, 11) is 0. The zero-order valence-corrected chi connectivity index (χ0v) is 9.86. The molecule has 0 aromatic heterocycles. The van der Waals surface area contributed by atoms with Crippen molar-refractivity contribution in [2.75, 3.05) is 19.8 Å². The van der Waals surface area contributed by atoms with Crippen molar-refractivity contribution in [2.24, 2.45) is 11.5 Å². The van der Waals surface area contributed by atoms with Crippen LogP contribution in [0.3, 0.4) is 0 Å². The van der Waals surface area contributed by atoms with Crippen LogP contribution in [0.4, 0.5) is 4.39 Å². The summed E-state index contributed by atoms with van der Waals surface area (Å²) in [6, 6.07) is 6.60. The summed E-state index contributed by atoms with van der Waals surface area (Å²) in [5.74, 6) is -0.196. The van der Waals surface area contributed by atoms with Crippen LogP contribution < -0.4 is 11.5 Å². The van der Waals surface area contributed by atoms with Gasteiger partial charge in [0.2, 0.25) is 0 Å². The van der Waals surface area contributed by atoms with Gasteiger partial charge in [-0.05, 0) is 24.5 Å². The van der Waals surface area contributed by atoms with Crippen LogP contribution in [0.1, 0.15) is 18.4 Å². The van der Waals surface area contributed by atoms with Crippen molar-refractivity contribution in [2.45, 2.75) is 24.3 Å². The molecule has 1 heterocycles. The van der Waals surface area contributed by atoms with Gasteiger partial charge in [0.15, 0.2) is 0 Å². The van der Waals surface area contributed by atoms with Crippen molar-refractivity contribution >= 4 is 0 Å². The van der Waals surface area contributed by atoms with Gasteiger partial charge in [0.25, 0.3) is 0 Å². The predicted octanol–water partition coefficient (Wildman–Crippen LogP) is 1.16. The third-order valence-electron chi connectivity index (χ3n) is 3.76. The molecule has 0 spiro atoms. The van der Waals surface area contributed by atoms with E-state index in [-0.39, 0.29) is 17.3 Å². The van der Waals surface area contributed by atoms with Gasteiger partial charge in [-0.15, -0.1) is 0 Å². The third kappa shape index (κ3) is 2.20. The first kappa shape index (κ1) is 12.5. The fourth-order valence-electron chi connectivity index (χ4n) is 2.67. The number of rotatable bonds is 3. The molecule has 1 aliphatic heterocycles. The van der Waals surface area contributed by atoms with Crippen LogP contribution in [0, 0.1) is 5.82 Å². The molecule has 0 bridgehead atoms. The van der Waals surface area contributed by atoms with Gasteiger partial charge < -0.3 is 16.2 Å². The Kier molecular flexibility index (Phi) is 3.76. The summed E-state index contributed by atoms with van der Waals surface area (Å²) in [5.41, 5.74) is 12.1. The molecule has 2 rings (SSSR count). The largest absolute Gasteiger partial charge is 0.381 e. The number of halogens is 1. The van der Waals surface area contributed by atoms with E-state index in [1.54, 1.807) is 6.07 Å². The van der Waals surface area contributed by atoms with Crippen molar-refractivity contribution in [3.8, 4) is 0 Å². The van der Waals surface area contributed by atoms with Crippen LogP contribution in [0.2, 0.25) is 0 Å². The minimum absolute atomic E-state index is 0.196. The second kappa shape index (κ2) is 5.12. The maximum Gasteiger partial charge on any atom is 0.127 e. The van der Waals surface area contributed by atoms with Gasteiger partial charge in [-0.3, -0.25) is 0 Å². The topological polar surface area (TPSA) is 61.3 Å². The Balaban J connectivity index is 2.42. The summed E-state index contributed by atoms with van der Waals surface area (Å²) in [4.78, 5) is 0. The van der Waals surface area contributed by atoms with Crippen LogP contribution in [0.5, 0.6) is 0 Å². The first-order chi connectivity index (χ1) is 8.20. The normalized spacial score (nSPS) is 21.1. The molecule has 1 saturated heterocycles. The molecule has 0 saturated carbocycles. The van der Waals surface area contributed by atoms with E-state index in [2.05, 4.69) is 0 Å². The number of hydrogen-bond acceptors (Lipinski definition) is 3. The molecule has 1 fully saturated rings. The first-order valence-corrected chi connectivity index (χ1v) is 5.99. The Bertz CT molecular complexity index is 377. The lowest BCUT2D eigenvalue weighted by molar-refractivity contribution is 0.0397. The van der Waals surface area contributed by atoms with Crippen LogP contribution in [0.25, 0.3) is 0 Å². The smallest absolute Gasteiger partial charge is 0.127 e. The Morgan fingerprint density at radius 1 is 1.29 bits per heavy atom. The van der Waals surface area contributed by atoms with E-state index in [4.69, 9.17) is 16.2 Å². The van der Waals surface area contributed by atoms with Gasteiger partial charge >= 0.3 is 0 Å². The average Bonchev–Trinajstić information content (AvgIpc) is 2.39. The molecule has 94 valence electrons. The molecule has 0 radical (unpaired) electrons. The highest BCUT2D eigenvalue weighted by Gasteiger charge is 2.41. The van der Waals surface area contributed by atoms with E-state index in [0.717, 1.165) is 12.8 Å². The van der Waals surface area contributed by atoms with Crippen molar-refractivity contribution in [3.05, 3.63) is 35.6 Å². The fraction of sp³-hybridized carbons (Fsp3) is 0.538. The molecule has 1 unspecified atom stereocenters. The van der Waals surface area contributed by atoms with Crippen molar-refractivity contribution < 1.29 is 9.13 Å². The van der Waals surface area contributed by atoms with E-state index >= 15 is 0 Å². The van der Waals surface area contributed by atoms with Crippen LogP contribution in [-0.2, 0) is 10.2 Å². The quantitative estimate of drug-likeness (QED) is 0.830. The Hall–Kier alpha value is -0.970. The number of benzene rings is 1. The summed E-state index contributed by atoms with van der Waals surface area (Å²) in [5, 5.41) is 0. The van der Waals surface area contributed by atoms with E-state index in [9.17, 15) is 4.39 Å². The molecule has 1 aliphatic rings. The summed E-state index contributed by atoms with van der Waals surface area (Å²) in [6.45, 7) is 1.58. The maximum absolute atomic E-state index is 14.0. The third-order valence-corrected chi connectivity index (χ3v) is 3.76. The average molecular weight is 238 g/mol. The minimum Gasteiger partial charge on any atom is -0.381 e. The molecule has 1 aromatic carbocycles. The van der Waals surface area contributed by atoms with Gasteiger partial charge in [0.05, 0.1) is 0 Å². The lowest BCUT2D eigenvalue weighted by Gasteiger charge is -2.42. The standard InChI is InChI=1S/C13H19FN2O/c14-11-4-2-1-3-10(11)13(12(16)9-15)5-7-17-8-6-13/h1-4,12H,5-9,15-16H2. The molecular weight excluding hydrogens is 219 g/mol. The molecule has 1 aromatic rings. The Morgan fingerprint density at radius 3 is 2.53 bits per heavy atom. The highest BCUT2D eigenvalue weighted by Crippen LogP contribution is 2.38. The van der Waals surface area contributed by atoms with E-state index < -0.39 is 0 Å². The Labute approximate surface area is 101 Å². The number of hydrogen-bond donors (Lipinski definition) is 2. The summed E-state index contributed by atoms with van der Waals surface area (Å²) >= 11 is 0. The summed E-state index contributed by atoms with van der Waals surface area (Å²) < 4.78 is 19.3. The van der Waals surface area contributed by atoms with E-state index in [1.165, 1.54) is 6.07 Å². The second-order valence-corrected chi connectivity index (χ2v) is 4.59. The maximum atomic E-state index is 14.0. The molecule has 1 atom stereocenters. The molecule has 4 N–H and O–H groups in total. The number of nitrogens with two attached hydrogens (primary N) is 2. The zero-order valence-electron chi connectivity index (χ0n) is 9.86. The van der Waals surface area contributed by atoms with Crippen molar-refractivity contribution in [1.29, 1.82) is 0 Å². The van der Waals surface area contributed by atoms with E-state index in [1.807, 2.05) is 12.1 Å². The molecule has 17 heavy (non-hydrogen) atoms. The highest BCUT2D eigenvalue weighted by molar-refractivity contribution is 5.30. The van der Waals surface area contributed by atoms with Crippen molar-refractivity contribution in [1.82, 2.24) is 0 Å². The van der Waals surface area contributed by atoms with Crippen LogP contribution in [0.15, 0.2) is 24.3 Å². The van der Waals surface area contributed by atoms with Gasteiger partial charge in [-0.25, -0.2) is 4.39 Å². The monoisotopic (exact) mass is 238 g/mol. The van der Waals surface area contributed by atoms with Crippen LogP contribution >= 0.6 is 0 Å². The van der Waals surface area contributed by atoms with E-state index in [0.29, 0.717) is 25.3 Å². The predicted molar refractivity (Wildman–Crippen MR) is 65.2 cm³/mol. The van der Waals surface area contributed by atoms with Crippen LogP contribution in [-0.4, -0.2) is 25.8 Å². The highest BCUT2D eigenvalue weighted by atomic mass is 19.1. The Morgan fingerprint density at radius 2 is 1.94 bits per heavy atom. The lowest BCUT2D eigenvalue weighted by atomic mass is 9.69. The second-order valence-electron chi connectivity index (χ2n) is 4.59.